The molecular weight excluding hydrogens is 377 g/mol. The third-order valence-electron chi connectivity index (χ3n) is 3.80. The average molecular weight is 405 g/mol. The second-order valence-corrected chi connectivity index (χ2v) is 6.44. The highest BCUT2D eigenvalue weighted by molar-refractivity contribution is 14.0. The number of nitrogens with one attached hydrogen (secondary N) is 1. The summed E-state index contributed by atoms with van der Waals surface area (Å²) in [5, 5.41) is 7.76. The number of rotatable bonds is 4. The lowest BCUT2D eigenvalue weighted by Gasteiger charge is -2.23. The van der Waals surface area contributed by atoms with Crippen LogP contribution in [-0.2, 0) is 6.54 Å². The van der Waals surface area contributed by atoms with Gasteiger partial charge >= 0.3 is 0 Å². The number of nitrogens with zero attached hydrogens (tertiary/aromatic N) is 4. The van der Waals surface area contributed by atoms with E-state index in [-0.39, 0.29) is 24.0 Å². The molecule has 2 rings (SSSR count). The van der Waals surface area contributed by atoms with Gasteiger partial charge < -0.3 is 10.2 Å². The zero-order chi connectivity index (χ0) is 14.6. The molecule has 0 atom stereocenters. The van der Waals surface area contributed by atoms with Crippen molar-refractivity contribution in [3.63, 3.8) is 0 Å². The van der Waals surface area contributed by atoms with Gasteiger partial charge in [-0.2, -0.15) is 5.10 Å². The van der Waals surface area contributed by atoms with Crippen LogP contribution in [0.4, 0.5) is 0 Å². The van der Waals surface area contributed by atoms with Crippen LogP contribution in [0.1, 0.15) is 32.3 Å². The van der Waals surface area contributed by atoms with Crippen LogP contribution in [0.3, 0.4) is 0 Å². The maximum Gasteiger partial charge on any atom is 0.193 e. The number of hydrogen-bond acceptors (Lipinski definition) is 2. The molecule has 120 valence electrons. The summed E-state index contributed by atoms with van der Waals surface area (Å²) in [4.78, 5) is 6.75. The highest BCUT2D eigenvalue weighted by Gasteiger charge is 2.30. The van der Waals surface area contributed by atoms with Crippen molar-refractivity contribution in [1.29, 1.82) is 0 Å². The first-order valence-corrected chi connectivity index (χ1v) is 7.45. The molecule has 6 heteroatoms. The standard InChI is InChI=1S/C15H27N5.HI/c1-13-10-18-20(11-13)8-5-7-17-14(16-4)19-9-6-15(2,3)12-19;/h10-11H,5-9,12H2,1-4H3,(H,16,17);1H. The van der Waals surface area contributed by atoms with Crippen molar-refractivity contribution in [2.75, 3.05) is 26.7 Å². The lowest BCUT2D eigenvalue weighted by atomic mass is 9.93. The van der Waals surface area contributed by atoms with Crippen LogP contribution in [0.2, 0.25) is 0 Å². The summed E-state index contributed by atoms with van der Waals surface area (Å²) < 4.78 is 2.00. The molecule has 1 N–H and O–H groups in total. The van der Waals surface area contributed by atoms with E-state index in [2.05, 4.69) is 47.3 Å². The van der Waals surface area contributed by atoms with Crippen molar-refractivity contribution in [2.45, 2.75) is 40.2 Å². The van der Waals surface area contributed by atoms with E-state index in [1.807, 2.05) is 17.9 Å². The van der Waals surface area contributed by atoms with Gasteiger partial charge in [0, 0.05) is 39.4 Å². The van der Waals surface area contributed by atoms with Crippen LogP contribution in [0.5, 0.6) is 0 Å². The predicted octanol–water partition coefficient (Wildman–Crippen LogP) is 2.51. The van der Waals surface area contributed by atoms with Crippen molar-refractivity contribution < 1.29 is 0 Å². The van der Waals surface area contributed by atoms with Gasteiger partial charge in [-0.1, -0.05) is 13.8 Å². The summed E-state index contributed by atoms with van der Waals surface area (Å²) in [6.45, 7) is 10.8. The average Bonchev–Trinajstić information content (AvgIpc) is 2.95. The normalized spacial score (nSPS) is 17.7. The van der Waals surface area contributed by atoms with E-state index >= 15 is 0 Å². The Balaban J connectivity index is 0.00000220. The first-order valence-electron chi connectivity index (χ1n) is 7.45. The molecular formula is C15H28IN5. The number of aromatic nitrogens is 2. The van der Waals surface area contributed by atoms with E-state index in [1.165, 1.54) is 12.0 Å². The number of hydrogen-bond donors (Lipinski definition) is 1. The molecule has 0 amide bonds. The van der Waals surface area contributed by atoms with Crippen molar-refractivity contribution in [3.8, 4) is 0 Å². The third kappa shape index (κ3) is 5.48. The number of halogens is 1. The van der Waals surface area contributed by atoms with Gasteiger partial charge in [0.25, 0.3) is 0 Å². The number of guanidine groups is 1. The van der Waals surface area contributed by atoms with E-state index < -0.39 is 0 Å². The fourth-order valence-electron chi connectivity index (χ4n) is 2.66. The van der Waals surface area contributed by atoms with E-state index in [0.29, 0.717) is 5.41 Å². The summed E-state index contributed by atoms with van der Waals surface area (Å²) in [6, 6.07) is 0. The highest BCUT2D eigenvalue weighted by Crippen LogP contribution is 2.28. The lowest BCUT2D eigenvalue weighted by Crippen LogP contribution is -2.41. The molecule has 0 aromatic carbocycles. The Morgan fingerprint density at radius 1 is 1.48 bits per heavy atom. The zero-order valence-corrected chi connectivity index (χ0v) is 15.9. The molecule has 0 spiro atoms. The lowest BCUT2D eigenvalue weighted by molar-refractivity contribution is 0.369. The molecule has 0 radical (unpaired) electrons. The monoisotopic (exact) mass is 405 g/mol. The van der Waals surface area contributed by atoms with E-state index in [9.17, 15) is 0 Å². The summed E-state index contributed by atoms with van der Waals surface area (Å²) in [5.41, 5.74) is 1.62. The van der Waals surface area contributed by atoms with Crippen LogP contribution in [-0.4, -0.2) is 47.3 Å². The minimum atomic E-state index is 0. The molecule has 0 aliphatic carbocycles. The largest absolute Gasteiger partial charge is 0.356 e. The van der Waals surface area contributed by atoms with E-state index in [4.69, 9.17) is 0 Å². The Labute approximate surface area is 145 Å². The van der Waals surface area contributed by atoms with Crippen LogP contribution in [0, 0.1) is 12.3 Å². The first kappa shape index (κ1) is 18.3. The van der Waals surface area contributed by atoms with Crippen molar-refractivity contribution >= 4 is 29.9 Å². The second-order valence-electron chi connectivity index (χ2n) is 6.44. The van der Waals surface area contributed by atoms with Crippen molar-refractivity contribution in [2.24, 2.45) is 10.4 Å². The van der Waals surface area contributed by atoms with Gasteiger partial charge in [0.1, 0.15) is 0 Å². The fourth-order valence-corrected chi connectivity index (χ4v) is 2.66. The predicted molar refractivity (Wildman–Crippen MR) is 98.3 cm³/mol. The van der Waals surface area contributed by atoms with Crippen LogP contribution < -0.4 is 5.32 Å². The Bertz CT molecular complexity index is 466. The van der Waals surface area contributed by atoms with Gasteiger partial charge in [-0.25, -0.2) is 0 Å². The second kappa shape index (κ2) is 8.00. The highest BCUT2D eigenvalue weighted by atomic mass is 127. The fraction of sp³-hybridized carbons (Fsp3) is 0.733. The third-order valence-corrected chi connectivity index (χ3v) is 3.80. The van der Waals surface area contributed by atoms with Crippen molar-refractivity contribution in [3.05, 3.63) is 18.0 Å². The summed E-state index contributed by atoms with van der Waals surface area (Å²) in [6.07, 6.45) is 6.27. The van der Waals surface area contributed by atoms with Gasteiger partial charge in [0.2, 0.25) is 0 Å². The Kier molecular flexibility index (Phi) is 6.96. The van der Waals surface area contributed by atoms with Crippen LogP contribution in [0.15, 0.2) is 17.4 Å². The molecule has 1 aromatic heterocycles. The van der Waals surface area contributed by atoms with Gasteiger partial charge in [0.15, 0.2) is 5.96 Å². The van der Waals surface area contributed by atoms with Gasteiger partial charge in [-0.05, 0) is 30.7 Å². The molecule has 1 saturated heterocycles. The Morgan fingerprint density at radius 2 is 2.24 bits per heavy atom. The first-order chi connectivity index (χ1) is 9.50. The molecule has 1 aliphatic rings. The Hall–Kier alpha value is -0.790. The quantitative estimate of drug-likeness (QED) is 0.363. The molecule has 0 unspecified atom stereocenters. The van der Waals surface area contributed by atoms with Gasteiger partial charge in [0.05, 0.1) is 6.20 Å². The molecule has 5 nitrogen and oxygen atoms in total. The zero-order valence-electron chi connectivity index (χ0n) is 13.6. The molecule has 1 aromatic rings. The van der Waals surface area contributed by atoms with Crippen LogP contribution in [0.25, 0.3) is 0 Å². The molecule has 0 saturated carbocycles. The van der Waals surface area contributed by atoms with Crippen LogP contribution >= 0.6 is 24.0 Å². The summed E-state index contributed by atoms with van der Waals surface area (Å²) in [5.74, 6) is 1.03. The molecule has 1 fully saturated rings. The number of aliphatic imine (C=N–C) groups is 1. The topological polar surface area (TPSA) is 45.5 Å². The summed E-state index contributed by atoms with van der Waals surface area (Å²) in [7, 11) is 1.87. The minimum Gasteiger partial charge on any atom is -0.356 e. The minimum absolute atomic E-state index is 0. The molecule has 1 aliphatic heterocycles. The van der Waals surface area contributed by atoms with Gasteiger partial charge in [-0.3, -0.25) is 9.67 Å². The van der Waals surface area contributed by atoms with E-state index in [0.717, 1.165) is 38.6 Å². The molecule has 0 bridgehead atoms. The van der Waals surface area contributed by atoms with Gasteiger partial charge in [-0.15, -0.1) is 24.0 Å². The maximum absolute atomic E-state index is 4.39. The molecule has 21 heavy (non-hydrogen) atoms. The smallest absolute Gasteiger partial charge is 0.193 e. The van der Waals surface area contributed by atoms with Crippen molar-refractivity contribution in [1.82, 2.24) is 20.0 Å². The Morgan fingerprint density at radius 3 is 2.76 bits per heavy atom. The molecule has 2 heterocycles. The SMILES string of the molecule is CN=C(NCCCn1cc(C)cn1)N1CCC(C)(C)C1.I. The number of aryl methyl sites for hydroxylation is 2. The summed E-state index contributed by atoms with van der Waals surface area (Å²) >= 11 is 0. The number of likely N-dealkylation sites (tertiary alicyclic amines) is 1. The van der Waals surface area contributed by atoms with E-state index in [1.54, 1.807) is 0 Å². The maximum atomic E-state index is 4.39.